The molecule has 5 heteroatoms. The fourth-order valence-corrected chi connectivity index (χ4v) is 1.71. The van der Waals surface area contributed by atoms with Gasteiger partial charge in [0.1, 0.15) is 0 Å². The molecule has 0 bridgehead atoms. The van der Waals surface area contributed by atoms with Crippen molar-refractivity contribution in [1.29, 1.82) is 0 Å². The van der Waals surface area contributed by atoms with E-state index in [4.69, 9.17) is 10.5 Å². The summed E-state index contributed by atoms with van der Waals surface area (Å²) in [4.78, 5) is 23.2. The summed E-state index contributed by atoms with van der Waals surface area (Å²) in [6.45, 7) is 3.67. The molecule has 0 saturated carbocycles. The van der Waals surface area contributed by atoms with Crippen molar-refractivity contribution in [3.05, 3.63) is 29.8 Å². The van der Waals surface area contributed by atoms with Crippen LogP contribution in [0.3, 0.4) is 0 Å². The van der Waals surface area contributed by atoms with Crippen molar-refractivity contribution >= 4 is 17.6 Å². The number of para-hydroxylation sites is 1. The SMILES string of the molecule is CCCC(C)NC(=O)COC(=O)c1ccccc1N. The lowest BCUT2D eigenvalue weighted by Gasteiger charge is -2.13. The molecule has 0 aliphatic rings. The van der Waals surface area contributed by atoms with Crippen molar-refractivity contribution in [1.82, 2.24) is 5.32 Å². The van der Waals surface area contributed by atoms with Crippen LogP contribution in [0.1, 0.15) is 37.0 Å². The first-order valence-electron chi connectivity index (χ1n) is 6.35. The van der Waals surface area contributed by atoms with Crippen molar-refractivity contribution in [2.75, 3.05) is 12.3 Å². The minimum absolute atomic E-state index is 0.0815. The molecule has 0 spiro atoms. The van der Waals surface area contributed by atoms with Crippen LogP contribution in [-0.4, -0.2) is 24.5 Å². The minimum Gasteiger partial charge on any atom is -0.452 e. The Labute approximate surface area is 113 Å². The Bertz CT molecular complexity index is 446. The number of anilines is 1. The molecule has 1 amide bonds. The van der Waals surface area contributed by atoms with Crippen LogP contribution in [0.4, 0.5) is 5.69 Å². The average molecular weight is 264 g/mol. The molecule has 104 valence electrons. The number of nitrogens with one attached hydrogen (secondary N) is 1. The molecule has 0 aliphatic heterocycles. The Morgan fingerprint density at radius 1 is 1.37 bits per heavy atom. The van der Waals surface area contributed by atoms with E-state index in [1.54, 1.807) is 24.3 Å². The third kappa shape index (κ3) is 4.99. The minimum atomic E-state index is -0.587. The van der Waals surface area contributed by atoms with Gasteiger partial charge in [0.15, 0.2) is 6.61 Å². The zero-order valence-corrected chi connectivity index (χ0v) is 11.3. The number of ether oxygens (including phenoxy) is 1. The summed E-state index contributed by atoms with van der Waals surface area (Å²) in [5.41, 5.74) is 6.26. The van der Waals surface area contributed by atoms with Gasteiger partial charge in [0.25, 0.3) is 5.91 Å². The van der Waals surface area contributed by atoms with E-state index >= 15 is 0 Å². The Morgan fingerprint density at radius 2 is 2.05 bits per heavy atom. The number of nitrogen functional groups attached to an aromatic ring is 1. The van der Waals surface area contributed by atoms with Gasteiger partial charge in [-0.2, -0.15) is 0 Å². The molecule has 0 heterocycles. The maximum atomic E-state index is 11.7. The van der Waals surface area contributed by atoms with Crippen molar-refractivity contribution in [3.63, 3.8) is 0 Å². The molecule has 0 radical (unpaired) electrons. The second-order valence-corrected chi connectivity index (χ2v) is 4.42. The highest BCUT2D eigenvalue weighted by molar-refractivity contribution is 5.96. The van der Waals surface area contributed by atoms with Gasteiger partial charge in [-0.1, -0.05) is 25.5 Å². The van der Waals surface area contributed by atoms with Crippen LogP contribution in [0.15, 0.2) is 24.3 Å². The summed E-state index contributed by atoms with van der Waals surface area (Å²) in [6.07, 6.45) is 1.88. The summed E-state index contributed by atoms with van der Waals surface area (Å²) in [6, 6.07) is 6.68. The Morgan fingerprint density at radius 3 is 2.68 bits per heavy atom. The molecule has 0 fully saturated rings. The third-order valence-electron chi connectivity index (χ3n) is 2.64. The smallest absolute Gasteiger partial charge is 0.340 e. The summed E-state index contributed by atoms with van der Waals surface area (Å²) >= 11 is 0. The number of amides is 1. The maximum absolute atomic E-state index is 11.7. The second kappa shape index (κ2) is 7.41. The first-order valence-corrected chi connectivity index (χ1v) is 6.35. The van der Waals surface area contributed by atoms with E-state index in [1.807, 2.05) is 13.8 Å². The van der Waals surface area contributed by atoms with E-state index in [0.717, 1.165) is 12.8 Å². The van der Waals surface area contributed by atoms with E-state index < -0.39 is 5.97 Å². The van der Waals surface area contributed by atoms with Crippen molar-refractivity contribution < 1.29 is 14.3 Å². The first-order chi connectivity index (χ1) is 9.04. The van der Waals surface area contributed by atoms with E-state index in [2.05, 4.69) is 5.32 Å². The van der Waals surface area contributed by atoms with Crippen LogP contribution in [0, 0.1) is 0 Å². The molecule has 0 aliphatic carbocycles. The van der Waals surface area contributed by atoms with Crippen molar-refractivity contribution in [2.45, 2.75) is 32.7 Å². The van der Waals surface area contributed by atoms with Gasteiger partial charge < -0.3 is 15.8 Å². The molecule has 3 N–H and O–H groups in total. The van der Waals surface area contributed by atoms with Gasteiger partial charge in [-0.05, 0) is 25.5 Å². The number of hydrogen-bond acceptors (Lipinski definition) is 4. The Hall–Kier alpha value is -2.04. The number of esters is 1. The fourth-order valence-electron chi connectivity index (χ4n) is 1.71. The third-order valence-corrected chi connectivity index (χ3v) is 2.64. The second-order valence-electron chi connectivity index (χ2n) is 4.42. The van der Waals surface area contributed by atoms with E-state index in [0.29, 0.717) is 5.69 Å². The van der Waals surface area contributed by atoms with E-state index in [9.17, 15) is 9.59 Å². The number of rotatable bonds is 6. The molecule has 1 atom stereocenters. The van der Waals surface area contributed by atoms with Gasteiger partial charge in [0, 0.05) is 11.7 Å². The number of carbonyl (C=O) groups excluding carboxylic acids is 2. The van der Waals surface area contributed by atoms with Gasteiger partial charge in [0.05, 0.1) is 5.56 Å². The number of hydrogen-bond donors (Lipinski definition) is 2. The quantitative estimate of drug-likeness (QED) is 0.605. The standard InChI is InChI=1S/C14H20N2O3/c1-3-6-10(2)16-13(17)9-19-14(18)11-7-4-5-8-12(11)15/h4-5,7-8,10H,3,6,9,15H2,1-2H3,(H,16,17). The zero-order valence-electron chi connectivity index (χ0n) is 11.3. The molecule has 19 heavy (non-hydrogen) atoms. The molecule has 1 aromatic carbocycles. The first kappa shape index (κ1) is 15.0. The fraction of sp³-hybridized carbons (Fsp3) is 0.429. The predicted octanol–water partition coefficient (Wildman–Crippen LogP) is 1.73. The van der Waals surface area contributed by atoms with Crippen LogP contribution >= 0.6 is 0 Å². The van der Waals surface area contributed by atoms with Gasteiger partial charge in [0.2, 0.25) is 0 Å². The topological polar surface area (TPSA) is 81.4 Å². The molecule has 1 unspecified atom stereocenters. The monoisotopic (exact) mass is 264 g/mol. The summed E-state index contributed by atoms with van der Waals surface area (Å²) < 4.78 is 4.92. The Balaban J connectivity index is 2.42. The lowest BCUT2D eigenvalue weighted by molar-refractivity contribution is -0.124. The number of nitrogens with two attached hydrogens (primary N) is 1. The summed E-state index contributed by atoms with van der Waals surface area (Å²) in [7, 11) is 0. The maximum Gasteiger partial charge on any atom is 0.340 e. The highest BCUT2D eigenvalue weighted by Crippen LogP contribution is 2.11. The van der Waals surface area contributed by atoms with Crippen molar-refractivity contribution in [3.8, 4) is 0 Å². The highest BCUT2D eigenvalue weighted by Gasteiger charge is 2.13. The molecule has 1 aromatic rings. The Kier molecular flexibility index (Phi) is 5.85. The van der Waals surface area contributed by atoms with Crippen LogP contribution < -0.4 is 11.1 Å². The molecule has 1 rings (SSSR count). The van der Waals surface area contributed by atoms with Crippen LogP contribution in [-0.2, 0) is 9.53 Å². The van der Waals surface area contributed by atoms with E-state index in [1.165, 1.54) is 0 Å². The van der Waals surface area contributed by atoms with E-state index in [-0.39, 0.29) is 24.1 Å². The molecule has 0 saturated heterocycles. The van der Waals surface area contributed by atoms with Crippen LogP contribution in [0.2, 0.25) is 0 Å². The number of benzene rings is 1. The lowest BCUT2D eigenvalue weighted by Crippen LogP contribution is -2.35. The zero-order chi connectivity index (χ0) is 14.3. The molecular formula is C14H20N2O3. The van der Waals surface area contributed by atoms with Gasteiger partial charge >= 0.3 is 5.97 Å². The normalized spacial score (nSPS) is 11.7. The molecular weight excluding hydrogens is 244 g/mol. The highest BCUT2D eigenvalue weighted by atomic mass is 16.5. The van der Waals surface area contributed by atoms with Crippen LogP contribution in [0.5, 0.6) is 0 Å². The van der Waals surface area contributed by atoms with Crippen molar-refractivity contribution in [2.24, 2.45) is 0 Å². The number of carbonyl (C=O) groups is 2. The summed E-state index contributed by atoms with van der Waals surface area (Å²) in [5.74, 6) is -0.889. The van der Waals surface area contributed by atoms with Gasteiger partial charge in [-0.25, -0.2) is 4.79 Å². The molecule has 0 aromatic heterocycles. The largest absolute Gasteiger partial charge is 0.452 e. The predicted molar refractivity (Wildman–Crippen MR) is 73.6 cm³/mol. The van der Waals surface area contributed by atoms with Gasteiger partial charge in [-0.15, -0.1) is 0 Å². The molecule has 5 nitrogen and oxygen atoms in total. The van der Waals surface area contributed by atoms with Crippen LogP contribution in [0.25, 0.3) is 0 Å². The average Bonchev–Trinajstić information content (AvgIpc) is 2.36. The lowest BCUT2D eigenvalue weighted by atomic mass is 10.2. The van der Waals surface area contributed by atoms with Gasteiger partial charge in [-0.3, -0.25) is 4.79 Å². The summed E-state index contributed by atoms with van der Waals surface area (Å²) in [5, 5.41) is 2.75.